The zero-order valence-corrected chi connectivity index (χ0v) is 5.75. The summed E-state index contributed by atoms with van der Waals surface area (Å²) < 4.78 is 5.20. The molecule has 0 aromatic carbocycles. The van der Waals surface area contributed by atoms with Crippen LogP contribution in [0.25, 0.3) is 0 Å². The molecular formula is C7H11NO2. The van der Waals surface area contributed by atoms with Gasteiger partial charge in [0.15, 0.2) is 0 Å². The van der Waals surface area contributed by atoms with Crippen molar-refractivity contribution in [3.05, 3.63) is 0 Å². The zero-order valence-electron chi connectivity index (χ0n) is 5.75. The van der Waals surface area contributed by atoms with E-state index in [1.54, 1.807) is 0 Å². The Balaban J connectivity index is 1.99. The van der Waals surface area contributed by atoms with Crippen LogP contribution in [0.4, 0.5) is 0 Å². The second-order valence-corrected chi connectivity index (χ2v) is 3.12. The summed E-state index contributed by atoms with van der Waals surface area (Å²) in [7, 11) is 0. The summed E-state index contributed by atoms with van der Waals surface area (Å²) in [5.41, 5.74) is 5.16. The van der Waals surface area contributed by atoms with Gasteiger partial charge < -0.3 is 10.5 Å². The van der Waals surface area contributed by atoms with Crippen LogP contribution in [0.5, 0.6) is 0 Å². The molecule has 1 saturated carbocycles. The minimum Gasteiger partial charge on any atom is -0.381 e. The third-order valence-corrected chi connectivity index (χ3v) is 2.57. The molecule has 2 aliphatic rings. The van der Waals surface area contributed by atoms with Gasteiger partial charge in [0.25, 0.3) is 0 Å². The highest BCUT2D eigenvalue weighted by Crippen LogP contribution is 2.50. The molecule has 1 heterocycles. The van der Waals surface area contributed by atoms with Crippen molar-refractivity contribution < 1.29 is 9.53 Å². The van der Waals surface area contributed by atoms with E-state index in [1.807, 2.05) is 0 Å². The van der Waals surface area contributed by atoms with Gasteiger partial charge in [-0.25, -0.2) is 0 Å². The van der Waals surface area contributed by atoms with Gasteiger partial charge in [-0.1, -0.05) is 0 Å². The van der Waals surface area contributed by atoms with Crippen molar-refractivity contribution in [2.24, 2.45) is 23.5 Å². The molecule has 2 N–H and O–H groups in total. The second-order valence-electron chi connectivity index (χ2n) is 3.12. The van der Waals surface area contributed by atoms with Gasteiger partial charge in [0, 0.05) is 12.5 Å². The molecule has 1 aliphatic heterocycles. The molecule has 56 valence electrons. The lowest BCUT2D eigenvalue weighted by molar-refractivity contribution is -0.119. The summed E-state index contributed by atoms with van der Waals surface area (Å²) in [5.74, 6) is 1.03. The lowest BCUT2D eigenvalue weighted by Crippen LogP contribution is -2.15. The number of ether oxygens (including phenoxy) is 1. The number of hydrogen-bond acceptors (Lipinski definition) is 2. The van der Waals surface area contributed by atoms with Crippen LogP contribution < -0.4 is 5.73 Å². The van der Waals surface area contributed by atoms with Crippen molar-refractivity contribution in [3.63, 3.8) is 0 Å². The van der Waals surface area contributed by atoms with Gasteiger partial charge in [-0.3, -0.25) is 4.79 Å². The fraction of sp³-hybridized carbons (Fsp3) is 0.857. The standard InChI is InChI=1S/C7H11NO2/c8-7(9)6-4-1-2-10-3-5(4)6/h4-6H,1-3H2,(H2,8,9). The van der Waals surface area contributed by atoms with E-state index in [9.17, 15) is 4.79 Å². The van der Waals surface area contributed by atoms with Gasteiger partial charge in [0.2, 0.25) is 5.91 Å². The van der Waals surface area contributed by atoms with E-state index >= 15 is 0 Å². The fourth-order valence-corrected chi connectivity index (χ4v) is 1.93. The molecule has 3 nitrogen and oxygen atoms in total. The molecule has 1 amide bonds. The van der Waals surface area contributed by atoms with Gasteiger partial charge in [0.05, 0.1) is 6.61 Å². The van der Waals surface area contributed by atoms with Crippen LogP contribution in [-0.2, 0) is 9.53 Å². The molecule has 1 saturated heterocycles. The SMILES string of the molecule is NC(=O)C1C2CCOCC21. The first kappa shape index (κ1) is 6.16. The van der Waals surface area contributed by atoms with Crippen LogP contribution >= 0.6 is 0 Å². The summed E-state index contributed by atoms with van der Waals surface area (Å²) in [6.45, 7) is 1.56. The van der Waals surface area contributed by atoms with Gasteiger partial charge in [-0.2, -0.15) is 0 Å². The quantitative estimate of drug-likeness (QED) is 0.547. The Morgan fingerprint density at radius 1 is 1.50 bits per heavy atom. The largest absolute Gasteiger partial charge is 0.381 e. The molecule has 3 unspecified atom stereocenters. The van der Waals surface area contributed by atoms with Gasteiger partial charge in [-0.05, 0) is 18.3 Å². The number of hydrogen-bond donors (Lipinski definition) is 1. The lowest BCUT2D eigenvalue weighted by atomic mass is 10.2. The van der Waals surface area contributed by atoms with Gasteiger partial charge in [0.1, 0.15) is 0 Å². The van der Waals surface area contributed by atoms with E-state index in [0.29, 0.717) is 11.8 Å². The van der Waals surface area contributed by atoms with Crippen molar-refractivity contribution in [2.45, 2.75) is 6.42 Å². The molecule has 0 aromatic rings. The maximum absolute atomic E-state index is 10.7. The van der Waals surface area contributed by atoms with Gasteiger partial charge >= 0.3 is 0 Å². The normalized spacial score (nSPS) is 44.2. The maximum atomic E-state index is 10.7. The first-order valence-electron chi connectivity index (χ1n) is 3.68. The van der Waals surface area contributed by atoms with Gasteiger partial charge in [-0.15, -0.1) is 0 Å². The minimum absolute atomic E-state index is 0.138. The zero-order chi connectivity index (χ0) is 7.14. The third-order valence-electron chi connectivity index (χ3n) is 2.57. The number of amides is 1. The Hall–Kier alpha value is -0.570. The Morgan fingerprint density at radius 3 is 2.80 bits per heavy atom. The Labute approximate surface area is 59.5 Å². The highest BCUT2D eigenvalue weighted by atomic mass is 16.5. The number of fused-ring (bicyclic) bond motifs is 1. The summed E-state index contributed by atoms with van der Waals surface area (Å²) >= 11 is 0. The van der Waals surface area contributed by atoms with Crippen molar-refractivity contribution in [3.8, 4) is 0 Å². The summed E-state index contributed by atoms with van der Waals surface area (Å²) in [4.78, 5) is 10.7. The molecule has 0 spiro atoms. The topological polar surface area (TPSA) is 52.3 Å². The van der Waals surface area contributed by atoms with Crippen LogP contribution in [0.2, 0.25) is 0 Å². The molecule has 0 bridgehead atoms. The Morgan fingerprint density at radius 2 is 2.30 bits per heavy atom. The highest BCUT2D eigenvalue weighted by Gasteiger charge is 2.54. The summed E-state index contributed by atoms with van der Waals surface area (Å²) in [5, 5.41) is 0. The third kappa shape index (κ3) is 0.736. The first-order valence-corrected chi connectivity index (χ1v) is 3.68. The van der Waals surface area contributed by atoms with Crippen LogP contribution in [-0.4, -0.2) is 19.1 Å². The van der Waals surface area contributed by atoms with E-state index in [0.717, 1.165) is 19.6 Å². The average Bonchev–Trinajstić information content (AvgIpc) is 2.60. The minimum atomic E-state index is -0.138. The molecule has 10 heavy (non-hydrogen) atoms. The van der Waals surface area contributed by atoms with Crippen molar-refractivity contribution in [1.29, 1.82) is 0 Å². The van der Waals surface area contributed by atoms with Crippen LogP contribution in [0.3, 0.4) is 0 Å². The van der Waals surface area contributed by atoms with Crippen molar-refractivity contribution in [2.75, 3.05) is 13.2 Å². The second kappa shape index (κ2) is 1.95. The lowest BCUT2D eigenvalue weighted by Gasteiger charge is -2.07. The fourth-order valence-electron chi connectivity index (χ4n) is 1.93. The summed E-state index contributed by atoms with van der Waals surface area (Å²) in [6.07, 6.45) is 1.03. The molecule has 3 heteroatoms. The average molecular weight is 141 g/mol. The Bertz CT molecular complexity index is 157. The molecule has 2 fully saturated rings. The smallest absolute Gasteiger partial charge is 0.221 e. The molecule has 0 radical (unpaired) electrons. The number of primary amides is 1. The highest BCUT2D eigenvalue weighted by molar-refractivity contribution is 5.80. The number of carbonyl (C=O) groups excluding carboxylic acids is 1. The van der Waals surface area contributed by atoms with Crippen LogP contribution in [0.1, 0.15) is 6.42 Å². The predicted molar refractivity (Wildman–Crippen MR) is 35.1 cm³/mol. The van der Waals surface area contributed by atoms with E-state index < -0.39 is 0 Å². The van der Waals surface area contributed by atoms with Crippen molar-refractivity contribution >= 4 is 5.91 Å². The number of carbonyl (C=O) groups is 1. The molecule has 3 atom stereocenters. The first-order chi connectivity index (χ1) is 4.80. The van der Waals surface area contributed by atoms with Crippen molar-refractivity contribution in [1.82, 2.24) is 0 Å². The molecule has 2 rings (SSSR count). The summed E-state index contributed by atoms with van der Waals surface area (Å²) in [6, 6.07) is 0. The number of nitrogens with two attached hydrogens (primary N) is 1. The molecule has 0 aromatic heterocycles. The monoisotopic (exact) mass is 141 g/mol. The number of rotatable bonds is 1. The van der Waals surface area contributed by atoms with E-state index in [2.05, 4.69) is 0 Å². The van der Waals surface area contributed by atoms with E-state index in [-0.39, 0.29) is 11.8 Å². The van der Waals surface area contributed by atoms with E-state index in [1.165, 1.54) is 0 Å². The maximum Gasteiger partial charge on any atom is 0.221 e. The van der Waals surface area contributed by atoms with Crippen LogP contribution in [0, 0.1) is 17.8 Å². The Kier molecular flexibility index (Phi) is 1.20. The molecular weight excluding hydrogens is 130 g/mol. The predicted octanol–water partition coefficient (Wildman–Crippen LogP) is -0.246. The molecule has 1 aliphatic carbocycles. The van der Waals surface area contributed by atoms with E-state index in [4.69, 9.17) is 10.5 Å². The van der Waals surface area contributed by atoms with Crippen LogP contribution in [0.15, 0.2) is 0 Å².